The average molecular weight is 296 g/mol. The highest BCUT2D eigenvalue weighted by Crippen LogP contribution is 2.47. The first-order valence-corrected chi connectivity index (χ1v) is 8.35. The van der Waals surface area contributed by atoms with Crippen molar-refractivity contribution >= 4 is 11.5 Å². The fourth-order valence-corrected chi connectivity index (χ4v) is 4.48. The van der Waals surface area contributed by atoms with E-state index in [4.69, 9.17) is 10.6 Å². The van der Waals surface area contributed by atoms with Crippen molar-refractivity contribution in [3.05, 3.63) is 10.6 Å². The van der Waals surface area contributed by atoms with Crippen molar-refractivity contribution in [2.24, 2.45) is 11.8 Å². The number of rotatable bonds is 4. The lowest BCUT2D eigenvalue weighted by atomic mass is 9.70. The maximum absolute atomic E-state index is 6.02. The van der Waals surface area contributed by atoms with Gasteiger partial charge in [0.05, 0.1) is 22.2 Å². The summed E-state index contributed by atoms with van der Waals surface area (Å²) in [5, 5.41) is 4.29. The van der Waals surface area contributed by atoms with E-state index in [-0.39, 0.29) is 11.6 Å². The number of nitrogens with one attached hydrogen (secondary N) is 1. The number of hydrogen-bond donors (Lipinski definition) is 2. The Morgan fingerprint density at radius 1 is 1.45 bits per heavy atom. The van der Waals surface area contributed by atoms with Crippen LogP contribution in [0.25, 0.3) is 0 Å². The van der Waals surface area contributed by atoms with E-state index in [0.29, 0.717) is 11.8 Å². The molecule has 6 heteroatoms. The van der Waals surface area contributed by atoms with Gasteiger partial charge in [-0.3, -0.25) is 11.3 Å². The predicted molar refractivity (Wildman–Crippen MR) is 79.3 cm³/mol. The van der Waals surface area contributed by atoms with Gasteiger partial charge in [-0.2, -0.15) is 0 Å². The van der Waals surface area contributed by atoms with E-state index in [1.165, 1.54) is 35.7 Å². The molecule has 1 aliphatic heterocycles. The fourth-order valence-electron chi connectivity index (χ4n) is 3.52. The number of nitrogens with two attached hydrogens (primary N) is 1. The van der Waals surface area contributed by atoms with Crippen LogP contribution in [0.2, 0.25) is 0 Å². The van der Waals surface area contributed by atoms with E-state index in [1.54, 1.807) is 0 Å². The number of hydrazine groups is 1. The molecular weight excluding hydrogens is 272 g/mol. The lowest BCUT2D eigenvalue weighted by molar-refractivity contribution is -0.147. The zero-order chi connectivity index (χ0) is 14.2. The van der Waals surface area contributed by atoms with Crippen molar-refractivity contribution < 1.29 is 4.74 Å². The molecule has 1 aromatic heterocycles. The van der Waals surface area contributed by atoms with Crippen LogP contribution in [0.1, 0.15) is 68.5 Å². The molecule has 0 radical (unpaired) electrons. The molecule has 3 N–H and O–H groups in total. The third kappa shape index (κ3) is 2.50. The van der Waals surface area contributed by atoms with Crippen LogP contribution < -0.4 is 11.3 Å². The van der Waals surface area contributed by atoms with Crippen LogP contribution >= 0.6 is 11.5 Å². The number of aromatic nitrogens is 2. The molecule has 2 aliphatic rings. The standard InChI is InChI=1S/C14H24N4OS/c1-9(2)11-13(20-18-17-11)12(16-15)10-4-7-19-14(8-10)5-3-6-14/h9-10,12,16H,3-8,15H2,1-2H3. The van der Waals surface area contributed by atoms with Gasteiger partial charge in [0.1, 0.15) is 0 Å². The number of nitrogens with zero attached hydrogens (tertiary/aromatic N) is 2. The maximum atomic E-state index is 6.02. The molecule has 2 atom stereocenters. The molecule has 1 saturated heterocycles. The normalized spacial score (nSPS) is 26.7. The van der Waals surface area contributed by atoms with E-state index >= 15 is 0 Å². The van der Waals surface area contributed by atoms with Crippen molar-refractivity contribution in [3.8, 4) is 0 Å². The van der Waals surface area contributed by atoms with Gasteiger partial charge in [-0.25, -0.2) is 0 Å². The Bertz CT molecular complexity index is 458. The highest BCUT2D eigenvalue weighted by molar-refractivity contribution is 7.05. The second-order valence-electron chi connectivity index (χ2n) is 6.46. The first-order chi connectivity index (χ1) is 9.65. The Morgan fingerprint density at radius 3 is 2.85 bits per heavy atom. The Morgan fingerprint density at radius 2 is 2.25 bits per heavy atom. The largest absolute Gasteiger partial charge is 0.375 e. The van der Waals surface area contributed by atoms with Crippen LogP contribution in [0.4, 0.5) is 0 Å². The molecule has 1 saturated carbocycles. The zero-order valence-corrected chi connectivity index (χ0v) is 13.1. The smallest absolute Gasteiger partial charge is 0.0829 e. The first kappa shape index (κ1) is 14.4. The Balaban J connectivity index is 1.80. The summed E-state index contributed by atoms with van der Waals surface area (Å²) in [6.07, 6.45) is 5.88. The zero-order valence-electron chi connectivity index (χ0n) is 12.3. The summed E-state index contributed by atoms with van der Waals surface area (Å²) in [4.78, 5) is 1.21. The molecule has 1 aliphatic carbocycles. The molecule has 0 bridgehead atoms. The van der Waals surface area contributed by atoms with Gasteiger partial charge < -0.3 is 4.74 Å². The molecule has 20 heavy (non-hydrogen) atoms. The van der Waals surface area contributed by atoms with Gasteiger partial charge in [0.25, 0.3) is 0 Å². The summed E-state index contributed by atoms with van der Waals surface area (Å²) in [6.45, 7) is 5.17. The molecule has 0 aromatic carbocycles. The minimum absolute atomic E-state index is 0.147. The van der Waals surface area contributed by atoms with Crippen molar-refractivity contribution in [1.29, 1.82) is 0 Å². The van der Waals surface area contributed by atoms with E-state index < -0.39 is 0 Å². The summed E-state index contributed by atoms with van der Waals surface area (Å²) in [5.41, 5.74) is 4.27. The molecule has 1 aromatic rings. The minimum atomic E-state index is 0.147. The second-order valence-corrected chi connectivity index (χ2v) is 7.25. The summed E-state index contributed by atoms with van der Waals surface area (Å²) in [6, 6.07) is 0.161. The Labute approximate surface area is 124 Å². The maximum Gasteiger partial charge on any atom is 0.0829 e. The van der Waals surface area contributed by atoms with E-state index in [9.17, 15) is 0 Å². The third-order valence-corrected chi connectivity index (χ3v) is 5.64. The lowest BCUT2D eigenvalue weighted by Gasteiger charge is -2.48. The topological polar surface area (TPSA) is 73.1 Å². The fraction of sp³-hybridized carbons (Fsp3) is 0.857. The lowest BCUT2D eigenvalue weighted by Crippen LogP contribution is -2.48. The van der Waals surface area contributed by atoms with Crippen LogP contribution in [0.5, 0.6) is 0 Å². The second kappa shape index (κ2) is 5.67. The van der Waals surface area contributed by atoms with Crippen molar-refractivity contribution in [2.75, 3.05) is 6.61 Å². The molecule has 3 rings (SSSR count). The van der Waals surface area contributed by atoms with Crippen molar-refractivity contribution in [3.63, 3.8) is 0 Å². The summed E-state index contributed by atoms with van der Waals surface area (Å²) < 4.78 is 10.2. The third-order valence-electron chi connectivity index (χ3n) is 4.82. The first-order valence-electron chi connectivity index (χ1n) is 7.57. The van der Waals surface area contributed by atoms with Gasteiger partial charge in [-0.15, -0.1) is 5.10 Å². The molecule has 1 spiro atoms. The summed E-state index contributed by atoms with van der Waals surface area (Å²) in [5.74, 6) is 6.78. The molecule has 0 amide bonds. The number of hydrogen-bond acceptors (Lipinski definition) is 6. The number of ether oxygens (including phenoxy) is 1. The summed E-state index contributed by atoms with van der Waals surface area (Å²) in [7, 11) is 0. The molecule has 5 nitrogen and oxygen atoms in total. The van der Waals surface area contributed by atoms with E-state index in [0.717, 1.165) is 25.1 Å². The molecule has 2 fully saturated rings. The molecule has 2 unspecified atom stereocenters. The molecule has 2 heterocycles. The van der Waals surface area contributed by atoms with Gasteiger partial charge in [0, 0.05) is 6.61 Å². The predicted octanol–water partition coefficient (Wildman–Crippen LogP) is 2.52. The van der Waals surface area contributed by atoms with Crippen molar-refractivity contribution in [1.82, 2.24) is 15.0 Å². The average Bonchev–Trinajstić information content (AvgIpc) is 2.88. The molecule has 112 valence electrons. The Hall–Kier alpha value is -0.560. The van der Waals surface area contributed by atoms with E-state index in [2.05, 4.69) is 28.9 Å². The minimum Gasteiger partial charge on any atom is -0.375 e. The highest BCUT2D eigenvalue weighted by atomic mass is 32.1. The van der Waals surface area contributed by atoms with Crippen LogP contribution in [-0.4, -0.2) is 21.8 Å². The van der Waals surface area contributed by atoms with Gasteiger partial charge >= 0.3 is 0 Å². The van der Waals surface area contributed by atoms with Gasteiger partial charge in [0.15, 0.2) is 0 Å². The van der Waals surface area contributed by atoms with Crippen molar-refractivity contribution in [2.45, 2.75) is 63.5 Å². The van der Waals surface area contributed by atoms with Crippen LogP contribution in [0, 0.1) is 5.92 Å². The van der Waals surface area contributed by atoms with Crippen LogP contribution in [-0.2, 0) is 4.74 Å². The molecular formula is C14H24N4OS. The van der Waals surface area contributed by atoms with Gasteiger partial charge in [-0.1, -0.05) is 18.3 Å². The van der Waals surface area contributed by atoms with Gasteiger partial charge in [-0.05, 0) is 55.5 Å². The highest BCUT2D eigenvalue weighted by Gasteiger charge is 2.45. The Kier molecular flexibility index (Phi) is 4.08. The van der Waals surface area contributed by atoms with Gasteiger partial charge in [0.2, 0.25) is 0 Å². The quantitative estimate of drug-likeness (QED) is 0.660. The van der Waals surface area contributed by atoms with Crippen LogP contribution in [0.3, 0.4) is 0 Å². The monoisotopic (exact) mass is 296 g/mol. The summed E-state index contributed by atoms with van der Waals surface area (Å²) >= 11 is 1.49. The van der Waals surface area contributed by atoms with E-state index in [1.807, 2.05) is 0 Å². The van der Waals surface area contributed by atoms with Crippen LogP contribution in [0.15, 0.2) is 0 Å². The SMILES string of the molecule is CC(C)c1nnsc1C(NN)C1CCOC2(CCC2)C1.